The summed E-state index contributed by atoms with van der Waals surface area (Å²) in [5, 5.41) is 0. The summed E-state index contributed by atoms with van der Waals surface area (Å²) in [6, 6.07) is 11.6. The van der Waals surface area contributed by atoms with Crippen molar-refractivity contribution in [2.45, 2.75) is 4.90 Å². The van der Waals surface area contributed by atoms with Crippen LogP contribution < -0.4 is 9.64 Å². The van der Waals surface area contributed by atoms with Crippen molar-refractivity contribution >= 4 is 31.6 Å². The van der Waals surface area contributed by atoms with Crippen LogP contribution in [0.3, 0.4) is 0 Å². The lowest BCUT2D eigenvalue weighted by atomic mass is 10.2. The van der Waals surface area contributed by atoms with Crippen LogP contribution in [0.5, 0.6) is 5.75 Å². The molecule has 0 spiro atoms. The third-order valence-corrected chi connectivity index (χ3v) is 6.66. The molecule has 144 valence electrons. The molecule has 0 unspecified atom stereocenters. The lowest BCUT2D eigenvalue weighted by Gasteiger charge is -2.28. The topological polar surface area (TPSA) is 118 Å². The second kappa shape index (κ2) is 7.29. The zero-order valence-corrected chi connectivity index (χ0v) is 15.7. The van der Waals surface area contributed by atoms with Crippen molar-refractivity contribution in [1.82, 2.24) is 0 Å². The summed E-state index contributed by atoms with van der Waals surface area (Å²) in [5.41, 5.74) is 0.522. The highest BCUT2D eigenvalue weighted by atomic mass is 32.2. The normalized spacial score (nSPS) is 16.7. The minimum Gasteiger partial charge on any atom is -0.423 e. The zero-order chi connectivity index (χ0) is 19.7. The van der Waals surface area contributed by atoms with Crippen LogP contribution in [0.2, 0.25) is 0 Å². The Bertz CT molecular complexity index is 1050. The number of sulfone groups is 1. The molecule has 0 radical (unpaired) electrons. The maximum atomic E-state index is 12.3. The molecule has 27 heavy (non-hydrogen) atoms. The fourth-order valence-electron chi connectivity index (χ4n) is 2.72. The van der Waals surface area contributed by atoms with E-state index < -0.39 is 30.8 Å². The number of hydrogen-bond acceptors (Lipinski definition) is 7. The van der Waals surface area contributed by atoms with Gasteiger partial charge in [-0.3, -0.25) is 4.55 Å². The number of anilines is 1. The smallest absolute Gasteiger partial charge is 0.344 e. The third kappa shape index (κ3) is 4.65. The molecule has 10 heteroatoms. The van der Waals surface area contributed by atoms with E-state index in [1.54, 1.807) is 12.1 Å². The molecule has 1 heterocycles. The second-order valence-electron chi connectivity index (χ2n) is 5.99. The average molecular weight is 411 g/mol. The number of nitrogens with zero attached hydrogens (tertiary/aromatic N) is 1. The summed E-state index contributed by atoms with van der Waals surface area (Å²) in [6.45, 7) is 0.784. The van der Waals surface area contributed by atoms with Crippen molar-refractivity contribution in [3.8, 4) is 5.75 Å². The van der Waals surface area contributed by atoms with Crippen molar-refractivity contribution in [3.63, 3.8) is 0 Å². The largest absolute Gasteiger partial charge is 0.423 e. The Labute approximate surface area is 157 Å². The molecule has 2 aromatic rings. The molecule has 0 amide bonds. The van der Waals surface area contributed by atoms with E-state index in [9.17, 15) is 26.2 Å². The van der Waals surface area contributed by atoms with E-state index in [1.165, 1.54) is 30.3 Å². The monoisotopic (exact) mass is 411 g/mol. The minimum atomic E-state index is -4.56. The number of ether oxygens (including phenoxy) is 1. The van der Waals surface area contributed by atoms with E-state index in [0.717, 1.165) is 11.8 Å². The average Bonchev–Trinajstić information content (AvgIpc) is 2.62. The van der Waals surface area contributed by atoms with Crippen LogP contribution in [0, 0.1) is 0 Å². The maximum absolute atomic E-state index is 12.3. The molecular formula is C17H17NO7S2. The first-order valence-electron chi connectivity index (χ1n) is 8.00. The van der Waals surface area contributed by atoms with Crippen LogP contribution >= 0.6 is 0 Å². The van der Waals surface area contributed by atoms with Crippen molar-refractivity contribution in [3.05, 3.63) is 54.1 Å². The Morgan fingerprint density at radius 3 is 2.19 bits per heavy atom. The summed E-state index contributed by atoms with van der Waals surface area (Å²) in [6.07, 6.45) is 0. The number of benzene rings is 2. The number of carbonyl (C=O) groups excluding carboxylic acids is 1. The Morgan fingerprint density at radius 1 is 1.00 bits per heavy atom. The first kappa shape index (κ1) is 19.3. The van der Waals surface area contributed by atoms with Crippen LogP contribution in [-0.2, 0) is 20.0 Å². The van der Waals surface area contributed by atoms with Gasteiger partial charge in [0.1, 0.15) is 10.6 Å². The molecule has 0 aromatic heterocycles. The van der Waals surface area contributed by atoms with Gasteiger partial charge in [0.2, 0.25) is 0 Å². The van der Waals surface area contributed by atoms with Crippen LogP contribution in [0.25, 0.3) is 0 Å². The molecule has 1 aliphatic rings. The molecule has 0 bridgehead atoms. The van der Waals surface area contributed by atoms with Crippen molar-refractivity contribution in [2.75, 3.05) is 29.5 Å². The molecule has 0 atom stereocenters. The van der Waals surface area contributed by atoms with Crippen LogP contribution in [0.15, 0.2) is 53.4 Å². The summed E-state index contributed by atoms with van der Waals surface area (Å²) >= 11 is 0. The van der Waals surface area contributed by atoms with E-state index in [4.69, 9.17) is 4.74 Å². The predicted molar refractivity (Wildman–Crippen MR) is 98.5 cm³/mol. The van der Waals surface area contributed by atoms with Gasteiger partial charge >= 0.3 is 5.97 Å². The Kier molecular flexibility index (Phi) is 5.22. The van der Waals surface area contributed by atoms with Gasteiger partial charge in [0.05, 0.1) is 17.1 Å². The SMILES string of the molecule is O=C(Oc1ccc(N2CCS(=O)(=O)CC2)cc1)c1ccccc1S(=O)(=O)O. The highest BCUT2D eigenvalue weighted by Crippen LogP contribution is 2.23. The maximum Gasteiger partial charge on any atom is 0.344 e. The molecule has 1 N–H and O–H groups in total. The number of esters is 1. The van der Waals surface area contributed by atoms with Crippen molar-refractivity contribution < 1.29 is 30.9 Å². The van der Waals surface area contributed by atoms with Gasteiger partial charge in [-0.2, -0.15) is 8.42 Å². The molecule has 0 aliphatic carbocycles. The summed E-state index contributed by atoms with van der Waals surface area (Å²) < 4.78 is 60.1. The molecular weight excluding hydrogens is 394 g/mol. The van der Waals surface area contributed by atoms with Gasteiger partial charge in [-0.1, -0.05) is 12.1 Å². The molecule has 3 rings (SSSR count). The van der Waals surface area contributed by atoms with Gasteiger partial charge < -0.3 is 9.64 Å². The Hall–Kier alpha value is -2.43. The van der Waals surface area contributed by atoms with E-state index in [0.29, 0.717) is 13.1 Å². The number of hydrogen-bond donors (Lipinski definition) is 1. The quantitative estimate of drug-likeness (QED) is 0.456. The van der Waals surface area contributed by atoms with E-state index in [2.05, 4.69) is 0 Å². The van der Waals surface area contributed by atoms with Crippen LogP contribution in [0.4, 0.5) is 5.69 Å². The summed E-state index contributed by atoms with van der Waals surface area (Å²) in [7, 11) is -7.53. The fourth-order valence-corrected chi connectivity index (χ4v) is 4.60. The van der Waals surface area contributed by atoms with E-state index in [1.807, 2.05) is 4.90 Å². The minimum absolute atomic E-state index is 0.0934. The lowest BCUT2D eigenvalue weighted by Crippen LogP contribution is -2.40. The zero-order valence-electron chi connectivity index (χ0n) is 14.1. The van der Waals surface area contributed by atoms with Gasteiger partial charge in [-0.25, -0.2) is 13.2 Å². The van der Waals surface area contributed by atoms with Crippen LogP contribution in [-0.4, -0.2) is 52.0 Å². The first-order chi connectivity index (χ1) is 12.7. The van der Waals surface area contributed by atoms with Crippen LogP contribution in [0.1, 0.15) is 10.4 Å². The van der Waals surface area contributed by atoms with Gasteiger partial charge in [0.25, 0.3) is 10.1 Å². The predicted octanol–water partition coefficient (Wildman–Crippen LogP) is 1.39. The molecule has 8 nitrogen and oxygen atoms in total. The molecule has 1 fully saturated rings. The van der Waals surface area contributed by atoms with E-state index >= 15 is 0 Å². The Balaban J connectivity index is 1.73. The first-order valence-corrected chi connectivity index (χ1v) is 11.3. The van der Waals surface area contributed by atoms with Gasteiger partial charge in [-0.15, -0.1) is 0 Å². The fraction of sp³-hybridized carbons (Fsp3) is 0.235. The number of carbonyl (C=O) groups is 1. The molecule has 0 saturated carbocycles. The summed E-state index contributed by atoms with van der Waals surface area (Å²) in [4.78, 5) is 13.7. The van der Waals surface area contributed by atoms with E-state index in [-0.39, 0.29) is 22.8 Å². The lowest BCUT2D eigenvalue weighted by molar-refractivity contribution is 0.0730. The third-order valence-electron chi connectivity index (χ3n) is 4.14. The summed E-state index contributed by atoms with van der Waals surface area (Å²) in [5.74, 6) is -0.537. The Morgan fingerprint density at radius 2 is 1.59 bits per heavy atom. The highest BCUT2D eigenvalue weighted by molar-refractivity contribution is 7.91. The van der Waals surface area contributed by atoms with Gasteiger partial charge in [0.15, 0.2) is 9.84 Å². The molecule has 1 aliphatic heterocycles. The standard InChI is InChI=1S/C17H17NO7S2/c19-17(15-3-1-2-4-16(15)27(22,23)24)25-14-7-5-13(6-8-14)18-9-11-26(20,21)12-10-18/h1-8H,9-12H2,(H,22,23,24). The van der Waals surface area contributed by atoms with Gasteiger partial charge in [-0.05, 0) is 36.4 Å². The van der Waals surface area contributed by atoms with Crippen molar-refractivity contribution in [1.29, 1.82) is 0 Å². The molecule has 1 saturated heterocycles. The molecule has 2 aromatic carbocycles. The highest BCUT2D eigenvalue weighted by Gasteiger charge is 2.23. The van der Waals surface area contributed by atoms with Crippen molar-refractivity contribution in [2.24, 2.45) is 0 Å². The number of rotatable bonds is 4. The van der Waals surface area contributed by atoms with Gasteiger partial charge in [0, 0.05) is 18.8 Å². The second-order valence-corrected chi connectivity index (χ2v) is 9.69.